The quantitative estimate of drug-likeness (QED) is 0.0994. The summed E-state index contributed by atoms with van der Waals surface area (Å²) in [6.45, 7) is 1.85. The van der Waals surface area contributed by atoms with Crippen LogP contribution in [0.25, 0.3) is 21.8 Å². The van der Waals surface area contributed by atoms with Crippen LogP contribution in [0, 0.1) is 0 Å². The fourth-order valence-corrected chi connectivity index (χ4v) is 4.69. The van der Waals surface area contributed by atoms with E-state index in [1.54, 1.807) is 0 Å². The SMILES string of the molecule is CC(=O)OC(CCl)Cn1c2ccccc2c2cccc(C=NN(c3ccccc3)c3ccccc3)c21. The number of carbonyl (C=O) groups excluding carboxylic acids is 1. The molecule has 0 aliphatic rings. The lowest BCUT2D eigenvalue weighted by Crippen LogP contribution is -2.24. The van der Waals surface area contributed by atoms with Gasteiger partial charge in [-0.2, -0.15) is 5.10 Å². The number of esters is 1. The van der Waals surface area contributed by atoms with E-state index in [0.29, 0.717) is 6.54 Å². The van der Waals surface area contributed by atoms with Crippen LogP contribution in [0.1, 0.15) is 12.5 Å². The molecule has 0 fully saturated rings. The van der Waals surface area contributed by atoms with Gasteiger partial charge in [0.1, 0.15) is 6.10 Å². The Hall–Kier alpha value is -4.09. The Bertz CT molecular complexity index is 1470. The lowest BCUT2D eigenvalue weighted by atomic mass is 10.1. The number of alkyl halides is 1. The minimum Gasteiger partial charge on any atom is -0.459 e. The van der Waals surface area contributed by atoms with Gasteiger partial charge in [-0.25, -0.2) is 5.01 Å². The lowest BCUT2D eigenvalue weighted by Gasteiger charge is -2.19. The van der Waals surface area contributed by atoms with Crippen molar-refractivity contribution in [1.29, 1.82) is 0 Å². The lowest BCUT2D eigenvalue weighted by molar-refractivity contribution is -0.145. The van der Waals surface area contributed by atoms with Crippen LogP contribution in [0.4, 0.5) is 11.4 Å². The van der Waals surface area contributed by atoms with Crippen molar-refractivity contribution in [3.05, 3.63) is 109 Å². The number of rotatable bonds is 8. The molecule has 180 valence electrons. The summed E-state index contributed by atoms with van der Waals surface area (Å²) in [7, 11) is 0. The van der Waals surface area contributed by atoms with Gasteiger partial charge in [-0.05, 0) is 30.3 Å². The van der Waals surface area contributed by atoms with Gasteiger partial charge < -0.3 is 9.30 Å². The largest absolute Gasteiger partial charge is 0.459 e. The van der Waals surface area contributed by atoms with Crippen LogP contribution in [0.2, 0.25) is 0 Å². The molecule has 1 unspecified atom stereocenters. The Morgan fingerprint density at radius 1 is 0.889 bits per heavy atom. The van der Waals surface area contributed by atoms with Gasteiger partial charge in [-0.3, -0.25) is 4.79 Å². The molecule has 6 heteroatoms. The van der Waals surface area contributed by atoms with Crippen molar-refractivity contribution in [3.8, 4) is 0 Å². The van der Waals surface area contributed by atoms with Gasteiger partial charge in [-0.1, -0.05) is 72.8 Å². The Balaban J connectivity index is 1.64. The van der Waals surface area contributed by atoms with E-state index in [2.05, 4.69) is 28.8 Å². The van der Waals surface area contributed by atoms with Crippen LogP contribution < -0.4 is 5.01 Å². The first kappa shape index (κ1) is 23.6. The smallest absolute Gasteiger partial charge is 0.303 e. The molecule has 4 aromatic carbocycles. The van der Waals surface area contributed by atoms with Gasteiger partial charge in [-0.15, -0.1) is 11.6 Å². The third-order valence-electron chi connectivity index (χ3n) is 6.03. The number of para-hydroxylation sites is 4. The molecule has 0 radical (unpaired) electrons. The number of halogens is 1. The third-order valence-corrected chi connectivity index (χ3v) is 6.37. The molecule has 5 nitrogen and oxygen atoms in total. The summed E-state index contributed by atoms with van der Waals surface area (Å²) in [6, 6.07) is 34.6. The van der Waals surface area contributed by atoms with E-state index in [1.165, 1.54) is 6.92 Å². The summed E-state index contributed by atoms with van der Waals surface area (Å²) >= 11 is 6.19. The number of nitrogens with zero attached hydrogens (tertiary/aromatic N) is 3. The van der Waals surface area contributed by atoms with E-state index in [1.807, 2.05) is 90.1 Å². The maximum atomic E-state index is 11.7. The Kier molecular flexibility index (Phi) is 7.01. The van der Waals surface area contributed by atoms with Gasteiger partial charge in [0.2, 0.25) is 0 Å². The zero-order chi connectivity index (χ0) is 24.9. The summed E-state index contributed by atoms with van der Waals surface area (Å²) < 4.78 is 7.67. The van der Waals surface area contributed by atoms with Crippen molar-refractivity contribution >= 4 is 57.0 Å². The standard InChI is InChI=1S/C30H26ClN3O2/c1-22(35)36-26(19-31)21-33-29-18-9-8-16-27(29)28-17-10-11-23(30(28)33)20-32-34(24-12-4-2-5-13-24)25-14-6-3-7-15-25/h2-18,20,26H,19,21H2,1H3. The molecule has 36 heavy (non-hydrogen) atoms. The third kappa shape index (κ3) is 4.83. The van der Waals surface area contributed by atoms with E-state index in [-0.39, 0.29) is 11.8 Å². The maximum absolute atomic E-state index is 11.7. The molecule has 0 saturated carbocycles. The molecular formula is C30H26ClN3O2. The summed E-state index contributed by atoms with van der Waals surface area (Å²) in [6.07, 6.45) is 1.44. The van der Waals surface area contributed by atoms with Crippen LogP contribution in [0.15, 0.2) is 108 Å². The molecule has 0 N–H and O–H groups in total. The second kappa shape index (κ2) is 10.7. The number of hydrogen-bond donors (Lipinski definition) is 0. The number of hydrazone groups is 1. The monoisotopic (exact) mass is 495 g/mol. The zero-order valence-corrected chi connectivity index (χ0v) is 20.7. The summed E-state index contributed by atoms with van der Waals surface area (Å²) in [5.74, 6) is -0.135. The zero-order valence-electron chi connectivity index (χ0n) is 19.9. The minimum absolute atomic E-state index is 0.208. The fourth-order valence-electron chi connectivity index (χ4n) is 4.53. The number of anilines is 2. The van der Waals surface area contributed by atoms with E-state index in [0.717, 1.165) is 38.7 Å². The molecule has 0 spiro atoms. The van der Waals surface area contributed by atoms with Crippen molar-refractivity contribution in [2.75, 3.05) is 10.9 Å². The first-order chi connectivity index (χ1) is 17.7. The average molecular weight is 496 g/mol. The fraction of sp³-hybridized carbons (Fsp3) is 0.133. The van der Waals surface area contributed by atoms with Gasteiger partial charge in [0, 0.05) is 28.8 Å². The number of aromatic nitrogens is 1. The van der Waals surface area contributed by atoms with Gasteiger partial charge in [0.05, 0.1) is 35.5 Å². The second-order valence-corrected chi connectivity index (χ2v) is 8.79. The number of ether oxygens (including phenoxy) is 1. The minimum atomic E-state index is -0.446. The first-order valence-electron chi connectivity index (χ1n) is 11.8. The van der Waals surface area contributed by atoms with Crippen LogP contribution >= 0.6 is 11.6 Å². The van der Waals surface area contributed by atoms with E-state index < -0.39 is 6.10 Å². The maximum Gasteiger partial charge on any atom is 0.303 e. The number of carbonyl (C=O) groups is 1. The van der Waals surface area contributed by atoms with Crippen LogP contribution in [-0.4, -0.2) is 28.7 Å². The van der Waals surface area contributed by atoms with Crippen molar-refractivity contribution in [1.82, 2.24) is 4.57 Å². The van der Waals surface area contributed by atoms with Gasteiger partial charge >= 0.3 is 5.97 Å². The molecule has 0 aliphatic heterocycles. The highest BCUT2D eigenvalue weighted by molar-refractivity contribution is 6.18. The summed E-state index contributed by atoms with van der Waals surface area (Å²) in [4.78, 5) is 11.7. The van der Waals surface area contributed by atoms with Crippen molar-refractivity contribution in [2.45, 2.75) is 19.6 Å². The van der Waals surface area contributed by atoms with Gasteiger partial charge in [0.15, 0.2) is 0 Å². The van der Waals surface area contributed by atoms with Crippen LogP contribution in [-0.2, 0) is 16.1 Å². The molecule has 5 aromatic rings. The Labute approximate surface area is 215 Å². The molecule has 0 bridgehead atoms. The van der Waals surface area contributed by atoms with Crippen LogP contribution in [0.3, 0.4) is 0 Å². The first-order valence-corrected chi connectivity index (χ1v) is 12.4. The summed E-state index contributed by atoms with van der Waals surface area (Å²) in [5.41, 5.74) is 4.95. The molecule has 5 rings (SSSR count). The molecule has 1 heterocycles. The molecule has 0 saturated heterocycles. The molecular weight excluding hydrogens is 470 g/mol. The Morgan fingerprint density at radius 3 is 2.14 bits per heavy atom. The normalized spacial score (nSPS) is 12.3. The van der Waals surface area contributed by atoms with Crippen molar-refractivity contribution < 1.29 is 9.53 Å². The van der Waals surface area contributed by atoms with Crippen LogP contribution in [0.5, 0.6) is 0 Å². The Morgan fingerprint density at radius 2 is 1.50 bits per heavy atom. The molecule has 1 aromatic heterocycles. The number of hydrogen-bond acceptors (Lipinski definition) is 4. The topological polar surface area (TPSA) is 46.8 Å². The number of fused-ring (bicyclic) bond motifs is 3. The molecule has 0 amide bonds. The van der Waals surface area contributed by atoms with Crippen molar-refractivity contribution in [2.24, 2.45) is 5.10 Å². The number of benzene rings is 4. The summed E-state index contributed by atoms with van der Waals surface area (Å²) in [5, 5.41) is 9.08. The highest BCUT2D eigenvalue weighted by atomic mass is 35.5. The highest BCUT2D eigenvalue weighted by Gasteiger charge is 2.18. The van der Waals surface area contributed by atoms with Crippen molar-refractivity contribution in [3.63, 3.8) is 0 Å². The van der Waals surface area contributed by atoms with E-state index in [4.69, 9.17) is 21.4 Å². The average Bonchev–Trinajstić information content (AvgIpc) is 3.23. The van der Waals surface area contributed by atoms with E-state index in [9.17, 15) is 4.79 Å². The second-order valence-electron chi connectivity index (χ2n) is 8.48. The molecule has 1 atom stereocenters. The van der Waals surface area contributed by atoms with Gasteiger partial charge in [0.25, 0.3) is 0 Å². The predicted octanol–water partition coefficient (Wildman–Crippen LogP) is 7.14. The predicted molar refractivity (Wildman–Crippen MR) is 148 cm³/mol. The molecule has 0 aliphatic carbocycles. The highest BCUT2D eigenvalue weighted by Crippen LogP contribution is 2.32. The van der Waals surface area contributed by atoms with E-state index >= 15 is 0 Å².